The molecule has 5 nitrogen and oxygen atoms in total. The number of rotatable bonds is 4. The number of aliphatic hydroxyl groups excluding tert-OH is 1. The Morgan fingerprint density at radius 3 is 2.50 bits per heavy atom. The molecule has 2 atom stereocenters. The number of amides is 1. The molecule has 138 valence electrons. The minimum absolute atomic E-state index is 0.0133. The number of hydrogen-bond donors (Lipinski definition) is 2. The van der Waals surface area contributed by atoms with Crippen molar-refractivity contribution in [3.63, 3.8) is 0 Å². The summed E-state index contributed by atoms with van der Waals surface area (Å²) in [6.07, 6.45) is 10.6. The van der Waals surface area contributed by atoms with E-state index in [1.54, 1.807) is 0 Å². The van der Waals surface area contributed by atoms with Crippen molar-refractivity contribution in [2.45, 2.75) is 75.8 Å². The summed E-state index contributed by atoms with van der Waals surface area (Å²) in [5.41, 5.74) is 6.36. The fraction of sp³-hybridized carbons (Fsp3) is 0.947. The minimum atomic E-state index is -0.0914. The highest BCUT2D eigenvalue weighted by atomic mass is 16.5. The molecule has 0 aromatic carbocycles. The average Bonchev–Trinajstić information content (AvgIpc) is 2.77. The lowest BCUT2D eigenvalue weighted by Gasteiger charge is -2.42. The fourth-order valence-corrected chi connectivity index (χ4v) is 5.10. The molecule has 3 N–H and O–H groups in total. The van der Waals surface area contributed by atoms with Gasteiger partial charge in [0.2, 0.25) is 5.91 Å². The molecule has 2 unspecified atom stereocenters. The Bertz CT molecular complexity index is 415. The van der Waals surface area contributed by atoms with Crippen LogP contribution in [0, 0.1) is 11.8 Å². The summed E-state index contributed by atoms with van der Waals surface area (Å²) in [6, 6.07) is -0.0133. The second-order valence-corrected chi connectivity index (χ2v) is 8.21. The summed E-state index contributed by atoms with van der Waals surface area (Å²) in [6.45, 7) is 2.29. The zero-order chi connectivity index (χ0) is 17.0. The van der Waals surface area contributed by atoms with E-state index in [0.717, 1.165) is 32.5 Å². The van der Waals surface area contributed by atoms with Gasteiger partial charge in [-0.3, -0.25) is 4.79 Å². The molecule has 5 heteroatoms. The van der Waals surface area contributed by atoms with Gasteiger partial charge in [-0.2, -0.15) is 0 Å². The number of carbonyl (C=O) groups is 1. The van der Waals surface area contributed by atoms with Gasteiger partial charge in [0.15, 0.2) is 0 Å². The first-order chi connectivity index (χ1) is 11.6. The van der Waals surface area contributed by atoms with E-state index in [0.29, 0.717) is 18.9 Å². The van der Waals surface area contributed by atoms with Gasteiger partial charge in [-0.15, -0.1) is 0 Å². The zero-order valence-corrected chi connectivity index (χ0v) is 14.9. The van der Waals surface area contributed by atoms with Gasteiger partial charge in [0.25, 0.3) is 0 Å². The van der Waals surface area contributed by atoms with Gasteiger partial charge in [0, 0.05) is 50.3 Å². The van der Waals surface area contributed by atoms with E-state index in [2.05, 4.69) is 4.90 Å². The molecule has 0 aromatic rings. The third-order valence-electron chi connectivity index (χ3n) is 6.58. The number of nitrogens with two attached hydrogens (primary N) is 1. The number of hydrogen-bond acceptors (Lipinski definition) is 4. The van der Waals surface area contributed by atoms with Gasteiger partial charge in [-0.1, -0.05) is 25.7 Å². The SMILES string of the molecule is NC(CC(=O)N1CC(CO)CC12CCOCC2)C1CCCCCC1. The Morgan fingerprint density at radius 1 is 1.21 bits per heavy atom. The van der Waals surface area contributed by atoms with E-state index in [4.69, 9.17) is 10.5 Å². The maximum absolute atomic E-state index is 13.0. The van der Waals surface area contributed by atoms with Crippen LogP contribution >= 0.6 is 0 Å². The van der Waals surface area contributed by atoms with Crippen LogP contribution in [-0.2, 0) is 9.53 Å². The first kappa shape index (κ1) is 18.2. The van der Waals surface area contributed by atoms with Crippen molar-refractivity contribution in [1.29, 1.82) is 0 Å². The quantitative estimate of drug-likeness (QED) is 0.770. The Balaban J connectivity index is 1.63. The van der Waals surface area contributed by atoms with Crippen molar-refractivity contribution in [2.24, 2.45) is 17.6 Å². The molecule has 2 aliphatic heterocycles. The zero-order valence-electron chi connectivity index (χ0n) is 14.9. The highest BCUT2D eigenvalue weighted by molar-refractivity contribution is 5.78. The Kier molecular flexibility index (Phi) is 6.17. The molecule has 1 amide bonds. The smallest absolute Gasteiger partial charge is 0.224 e. The summed E-state index contributed by atoms with van der Waals surface area (Å²) < 4.78 is 5.52. The predicted molar refractivity (Wildman–Crippen MR) is 93.5 cm³/mol. The Hall–Kier alpha value is -0.650. The molecule has 1 spiro atoms. The van der Waals surface area contributed by atoms with Gasteiger partial charge >= 0.3 is 0 Å². The lowest BCUT2D eigenvalue weighted by molar-refractivity contribution is -0.139. The number of aliphatic hydroxyl groups is 1. The molecule has 1 aliphatic carbocycles. The molecule has 3 aliphatic rings. The van der Waals surface area contributed by atoms with Crippen LogP contribution in [0.5, 0.6) is 0 Å². The van der Waals surface area contributed by atoms with E-state index in [-0.39, 0.29) is 30.0 Å². The summed E-state index contributed by atoms with van der Waals surface area (Å²) >= 11 is 0. The first-order valence-electron chi connectivity index (χ1n) is 9.89. The molecule has 3 fully saturated rings. The minimum Gasteiger partial charge on any atom is -0.396 e. The molecule has 0 radical (unpaired) electrons. The molecule has 2 saturated heterocycles. The predicted octanol–water partition coefficient (Wildman–Crippen LogP) is 2.06. The average molecular weight is 338 g/mol. The summed E-state index contributed by atoms with van der Waals surface area (Å²) in [5.74, 6) is 0.907. The van der Waals surface area contributed by atoms with E-state index in [1.165, 1.54) is 38.5 Å². The van der Waals surface area contributed by atoms with Crippen LogP contribution in [-0.4, -0.2) is 53.9 Å². The van der Waals surface area contributed by atoms with Crippen molar-refractivity contribution in [1.82, 2.24) is 4.90 Å². The van der Waals surface area contributed by atoms with Gasteiger partial charge in [-0.05, 0) is 38.0 Å². The molecule has 3 rings (SSSR count). The van der Waals surface area contributed by atoms with E-state index in [9.17, 15) is 9.90 Å². The normalized spacial score (nSPS) is 29.6. The van der Waals surface area contributed by atoms with Crippen LogP contribution in [0.3, 0.4) is 0 Å². The monoisotopic (exact) mass is 338 g/mol. The molecule has 0 aromatic heterocycles. The number of ether oxygens (including phenoxy) is 1. The molecular formula is C19H34N2O3. The van der Waals surface area contributed by atoms with Crippen molar-refractivity contribution in [2.75, 3.05) is 26.4 Å². The highest BCUT2D eigenvalue weighted by Crippen LogP contribution is 2.41. The van der Waals surface area contributed by atoms with Crippen molar-refractivity contribution in [3.8, 4) is 0 Å². The lowest BCUT2D eigenvalue weighted by atomic mass is 9.84. The summed E-state index contributed by atoms with van der Waals surface area (Å²) in [4.78, 5) is 15.1. The second-order valence-electron chi connectivity index (χ2n) is 8.21. The fourth-order valence-electron chi connectivity index (χ4n) is 5.10. The van der Waals surface area contributed by atoms with Crippen LogP contribution in [0.25, 0.3) is 0 Å². The molecule has 1 saturated carbocycles. The molecule has 0 bridgehead atoms. The van der Waals surface area contributed by atoms with E-state index >= 15 is 0 Å². The lowest BCUT2D eigenvalue weighted by Crippen LogP contribution is -2.52. The number of carbonyl (C=O) groups excluding carboxylic acids is 1. The Labute approximate surface area is 145 Å². The maximum Gasteiger partial charge on any atom is 0.224 e. The number of nitrogens with zero attached hydrogens (tertiary/aromatic N) is 1. The third-order valence-corrected chi connectivity index (χ3v) is 6.58. The second kappa shape index (κ2) is 8.15. The number of likely N-dealkylation sites (tertiary alicyclic amines) is 1. The van der Waals surface area contributed by atoms with Crippen molar-refractivity contribution >= 4 is 5.91 Å². The maximum atomic E-state index is 13.0. The first-order valence-corrected chi connectivity index (χ1v) is 9.89. The van der Waals surface area contributed by atoms with Crippen LogP contribution in [0.1, 0.15) is 64.2 Å². The largest absolute Gasteiger partial charge is 0.396 e. The van der Waals surface area contributed by atoms with Crippen molar-refractivity contribution in [3.05, 3.63) is 0 Å². The van der Waals surface area contributed by atoms with Crippen LogP contribution < -0.4 is 5.73 Å². The van der Waals surface area contributed by atoms with Crippen LogP contribution in [0.2, 0.25) is 0 Å². The molecular weight excluding hydrogens is 304 g/mol. The highest BCUT2D eigenvalue weighted by Gasteiger charge is 2.48. The van der Waals surface area contributed by atoms with Gasteiger partial charge < -0.3 is 20.5 Å². The van der Waals surface area contributed by atoms with Gasteiger partial charge in [-0.25, -0.2) is 0 Å². The van der Waals surface area contributed by atoms with Crippen LogP contribution in [0.15, 0.2) is 0 Å². The standard InChI is InChI=1S/C19H34N2O3/c20-17(16-5-3-1-2-4-6-16)11-18(23)21-13-15(14-22)12-19(21)7-9-24-10-8-19/h15-17,22H,1-14,20H2. The third kappa shape index (κ3) is 3.94. The van der Waals surface area contributed by atoms with E-state index < -0.39 is 0 Å². The van der Waals surface area contributed by atoms with Gasteiger partial charge in [0.05, 0.1) is 0 Å². The van der Waals surface area contributed by atoms with E-state index in [1.807, 2.05) is 0 Å². The molecule has 24 heavy (non-hydrogen) atoms. The van der Waals surface area contributed by atoms with Crippen molar-refractivity contribution < 1.29 is 14.6 Å². The van der Waals surface area contributed by atoms with Crippen LogP contribution in [0.4, 0.5) is 0 Å². The summed E-state index contributed by atoms with van der Waals surface area (Å²) in [7, 11) is 0. The Morgan fingerprint density at radius 2 is 1.88 bits per heavy atom. The molecule has 2 heterocycles. The van der Waals surface area contributed by atoms with Gasteiger partial charge in [0.1, 0.15) is 0 Å². The topological polar surface area (TPSA) is 75.8 Å². The summed E-state index contributed by atoms with van der Waals surface area (Å²) in [5, 5.41) is 9.60.